The summed E-state index contributed by atoms with van der Waals surface area (Å²) in [6.07, 6.45) is 7.85. The van der Waals surface area contributed by atoms with E-state index < -0.39 is 0 Å². The van der Waals surface area contributed by atoms with Gasteiger partial charge in [-0.2, -0.15) is 0 Å². The highest BCUT2D eigenvalue weighted by Gasteiger charge is 2.13. The molecule has 0 aliphatic heterocycles. The lowest BCUT2D eigenvalue weighted by atomic mass is 10.1. The first-order chi connectivity index (χ1) is 14.5. The summed E-state index contributed by atoms with van der Waals surface area (Å²) in [5, 5.41) is 13.5. The number of hydrogen-bond acceptors (Lipinski definition) is 5. The molecule has 0 bridgehead atoms. The van der Waals surface area contributed by atoms with Crippen molar-refractivity contribution in [1.82, 2.24) is 20.1 Å². The van der Waals surface area contributed by atoms with Crippen molar-refractivity contribution >= 4 is 34.7 Å². The van der Waals surface area contributed by atoms with Crippen molar-refractivity contribution in [3.8, 4) is 0 Å². The molecule has 3 aromatic rings. The van der Waals surface area contributed by atoms with Crippen LogP contribution in [0.2, 0.25) is 0 Å². The van der Waals surface area contributed by atoms with Crippen molar-refractivity contribution in [2.24, 2.45) is 5.92 Å². The summed E-state index contributed by atoms with van der Waals surface area (Å²) in [6.45, 7) is 7.93. The first-order valence-electron chi connectivity index (χ1n) is 10.5. The monoisotopic (exact) mass is 426 g/mol. The van der Waals surface area contributed by atoms with Crippen LogP contribution in [0.25, 0.3) is 17.0 Å². The zero-order valence-electron chi connectivity index (χ0n) is 18.1. The van der Waals surface area contributed by atoms with E-state index in [1.807, 2.05) is 36.6 Å². The van der Waals surface area contributed by atoms with E-state index in [0.717, 1.165) is 59.1 Å². The first kappa shape index (κ1) is 22.2. The number of hydrogen-bond donors (Lipinski definition) is 1. The third-order valence-electron chi connectivity index (χ3n) is 4.83. The highest BCUT2D eigenvalue weighted by atomic mass is 32.2. The van der Waals surface area contributed by atoms with Crippen molar-refractivity contribution in [2.75, 3.05) is 12.8 Å². The quantitative estimate of drug-likeness (QED) is 0.288. The summed E-state index contributed by atoms with van der Waals surface area (Å²) in [6, 6.07) is 7.91. The number of carbonyl (C=O) groups is 1. The number of aryl methyl sites for hydroxylation is 2. The summed E-state index contributed by atoms with van der Waals surface area (Å²) in [4.78, 5) is 12.3. The van der Waals surface area contributed by atoms with Crippen LogP contribution in [-0.4, -0.2) is 33.5 Å². The zero-order chi connectivity index (χ0) is 21.5. The molecule has 1 N–H and O–H groups in total. The molecule has 2 aromatic heterocycles. The lowest BCUT2D eigenvalue weighted by Crippen LogP contribution is -2.23. The fourth-order valence-electron chi connectivity index (χ4n) is 3.44. The average molecular weight is 427 g/mol. The molecule has 1 amide bonds. The van der Waals surface area contributed by atoms with Gasteiger partial charge in [0.15, 0.2) is 5.16 Å². The number of rotatable bonds is 10. The molecule has 0 saturated carbocycles. The second-order valence-electron chi connectivity index (χ2n) is 7.62. The van der Waals surface area contributed by atoms with Gasteiger partial charge in [0.1, 0.15) is 17.2 Å². The predicted octanol–water partition coefficient (Wildman–Crippen LogP) is 4.73. The summed E-state index contributed by atoms with van der Waals surface area (Å²) >= 11 is 1.61. The van der Waals surface area contributed by atoms with E-state index >= 15 is 0 Å². The Balaban J connectivity index is 1.55. The normalized spacial score (nSPS) is 11.8. The van der Waals surface area contributed by atoms with Crippen LogP contribution < -0.4 is 5.32 Å². The van der Waals surface area contributed by atoms with Crippen LogP contribution in [0.5, 0.6) is 0 Å². The van der Waals surface area contributed by atoms with Gasteiger partial charge in [-0.25, -0.2) is 0 Å². The lowest BCUT2D eigenvalue weighted by molar-refractivity contribution is -0.116. The Morgan fingerprint density at radius 2 is 2.10 bits per heavy atom. The molecule has 0 spiro atoms. The number of aromatic nitrogens is 3. The number of amides is 1. The molecule has 0 saturated heterocycles. The number of fused-ring (bicyclic) bond motifs is 1. The first-order valence-corrected chi connectivity index (χ1v) is 11.7. The molecule has 0 fully saturated rings. The molecule has 0 unspecified atom stereocenters. The summed E-state index contributed by atoms with van der Waals surface area (Å²) < 4.78 is 8.07. The van der Waals surface area contributed by atoms with Crippen LogP contribution in [-0.2, 0) is 24.2 Å². The fraction of sp³-hybridized carbons (Fsp3) is 0.435. The van der Waals surface area contributed by atoms with Gasteiger partial charge in [0, 0.05) is 43.0 Å². The standard InChI is InChI=1S/C23H30N4O2S/c1-5-19-18(17-9-6-7-10-20(17)29-19)12-13-22(28)24-14-8-11-21-25-26-23(30-4)27(21)15-16(2)3/h6-7,9-10,12-13,16H,5,8,11,14-15H2,1-4H3,(H,24,28)/b13-12+. The molecule has 2 heterocycles. The van der Waals surface area contributed by atoms with E-state index in [-0.39, 0.29) is 5.91 Å². The Bertz CT molecular complexity index is 1020. The fourth-order valence-corrected chi connectivity index (χ4v) is 3.96. The maximum absolute atomic E-state index is 12.3. The maximum Gasteiger partial charge on any atom is 0.244 e. The third kappa shape index (κ3) is 5.33. The molecular weight excluding hydrogens is 396 g/mol. The Morgan fingerprint density at radius 1 is 1.30 bits per heavy atom. The topological polar surface area (TPSA) is 73.0 Å². The lowest BCUT2D eigenvalue weighted by Gasteiger charge is -2.11. The van der Waals surface area contributed by atoms with Crippen molar-refractivity contribution in [2.45, 2.75) is 51.7 Å². The van der Waals surface area contributed by atoms with Crippen LogP contribution in [0, 0.1) is 5.92 Å². The van der Waals surface area contributed by atoms with E-state index in [1.165, 1.54) is 0 Å². The molecule has 160 valence electrons. The largest absolute Gasteiger partial charge is 0.460 e. The SMILES string of the molecule is CCc1oc2ccccc2c1/C=C/C(=O)NCCCc1nnc(SC)n1CC(C)C. The van der Waals surface area contributed by atoms with Gasteiger partial charge in [-0.1, -0.05) is 50.7 Å². The number of carbonyl (C=O) groups excluding carboxylic acids is 1. The van der Waals surface area contributed by atoms with E-state index in [2.05, 4.69) is 40.9 Å². The highest BCUT2D eigenvalue weighted by Crippen LogP contribution is 2.27. The minimum atomic E-state index is -0.101. The molecule has 3 rings (SSSR count). The van der Waals surface area contributed by atoms with Gasteiger partial charge in [0.05, 0.1) is 0 Å². The summed E-state index contributed by atoms with van der Waals surface area (Å²) in [5.74, 6) is 2.31. The van der Waals surface area contributed by atoms with Crippen molar-refractivity contribution < 1.29 is 9.21 Å². The Hall–Kier alpha value is -2.54. The van der Waals surface area contributed by atoms with Crippen molar-refractivity contribution in [1.29, 1.82) is 0 Å². The van der Waals surface area contributed by atoms with Crippen LogP contribution in [0.1, 0.15) is 44.3 Å². The second kappa shape index (κ2) is 10.5. The Labute approximate surface area is 182 Å². The Kier molecular flexibility index (Phi) is 7.74. The van der Waals surface area contributed by atoms with Gasteiger partial charge in [-0.15, -0.1) is 10.2 Å². The highest BCUT2D eigenvalue weighted by molar-refractivity contribution is 7.98. The minimum Gasteiger partial charge on any atom is -0.460 e. The molecule has 7 heteroatoms. The smallest absolute Gasteiger partial charge is 0.244 e. The molecule has 30 heavy (non-hydrogen) atoms. The van der Waals surface area contributed by atoms with Gasteiger partial charge in [0.25, 0.3) is 0 Å². The van der Waals surface area contributed by atoms with Crippen LogP contribution in [0.3, 0.4) is 0 Å². The number of furan rings is 1. The molecule has 0 aliphatic rings. The van der Waals surface area contributed by atoms with E-state index in [9.17, 15) is 4.79 Å². The van der Waals surface area contributed by atoms with Crippen LogP contribution >= 0.6 is 11.8 Å². The Morgan fingerprint density at radius 3 is 2.83 bits per heavy atom. The maximum atomic E-state index is 12.3. The van der Waals surface area contributed by atoms with Crippen LogP contribution in [0.4, 0.5) is 0 Å². The van der Waals surface area contributed by atoms with Crippen molar-refractivity contribution in [3.05, 3.63) is 47.5 Å². The van der Waals surface area contributed by atoms with E-state index in [1.54, 1.807) is 17.8 Å². The number of nitrogens with one attached hydrogen (secondary N) is 1. The minimum absolute atomic E-state index is 0.101. The zero-order valence-corrected chi connectivity index (χ0v) is 19.0. The van der Waals surface area contributed by atoms with Crippen molar-refractivity contribution in [3.63, 3.8) is 0 Å². The van der Waals surface area contributed by atoms with Gasteiger partial charge in [0.2, 0.25) is 5.91 Å². The van der Waals surface area contributed by atoms with Gasteiger partial charge in [-0.05, 0) is 30.7 Å². The van der Waals surface area contributed by atoms with E-state index in [0.29, 0.717) is 12.5 Å². The number of thioether (sulfide) groups is 1. The predicted molar refractivity (Wildman–Crippen MR) is 123 cm³/mol. The molecule has 0 radical (unpaired) electrons. The molecular formula is C23H30N4O2S. The van der Waals surface area contributed by atoms with Gasteiger partial charge < -0.3 is 14.3 Å². The van der Waals surface area contributed by atoms with Gasteiger partial charge in [-0.3, -0.25) is 4.79 Å². The molecule has 1 aromatic carbocycles. The van der Waals surface area contributed by atoms with Crippen LogP contribution in [0.15, 0.2) is 39.9 Å². The second-order valence-corrected chi connectivity index (χ2v) is 8.40. The number of nitrogens with zero attached hydrogens (tertiary/aromatic N) is 3. The molecule has 6 nitrogen and oxygen atoms in total. The third-order valence-corrected chi connectivity index (χ3v) is 5.50. The van der Waals surface area contributed by atoms with Gasteiger partial charge >= 0.3 is 0 Å². The summed E-state index contributed by atoms with van der Waals surface area (Å²) in [5.41, 5.74) is 1.83. The summed E-state index contributed by atoms with van der Waals surface area (Å²) in [7, 11) is 0. The average Bonchev–Trinajstić information content (AvgIpc) is 3.29. The molecule has 0 aliphatic carbocycles. The number of benzene rings is 1. The van der Waals surface area contributed by atoms with E-state index in [4.69, 9.17) is 4.42 Å². The number of para-hydroxylation sites is 1. The molecule has 0 atom stereocenters.